The molecule has 128 valence electrons. The number of rotatable bonds is 4. The minimum Gasteiger partial charge on any atom is -0.393 e. The van der Waals surface area contributed by atoms with Crippen molar-refractivity contribution in [2.45, 2.75) is 41.2 Å². The predicted molar refractivity (Wildman–Crippen MR) is 109 cm³/mol. The summed E-state index contributed by atoms with van der Waals surface area (Å²) in [6.45, 7) is 0. The minimum absolute atomic E-state index is 0.0839. The summed E-state index contributed by atoms with van der Waals surface area (Å²) in [6.07, 6.45) is 4.90. The van der Waals surface area contributed by atoms with Gasteiger partial charge < -0.3 is 5.73 Å². The summed E-state index contributed by atoms with van der Waals surface area (Å²) < 4.78 is 0. The standard InChI is InChI=1S/C22H23NS2/c23-20(24)22-12-15-11-21(14-22,16-7-3-1-4-8-16)13-18(22)19(15)25-17-9-5-2-6-10-17/h1-10,15,18-19H,11-14H2,(H2,23,24). The van der Waals surface area contributed by atoms with Crippen LogP contribution in [-0.2, 0) is 5.41 Å². The first-order valence-corrected chi connectivity index (χ1v) is 10.5. The van der Waals surface area contributed by atoms with E-state index in [1.54, 1.807) is 0 Å². The second kappa shape index (κ2) is 5.59. The van der Waals surface area contributed by atoms with Gasteiger partial charge in [0.15, 0.2) is 0 Å². The lowest BCUT2D eigenvalue weighted by atomic mass is 9.63. The fraction of sp³-hybridized carbons (Fsp3) is 0.409. The highest BCUT2D eigenvalue weighted by molar-refractivity contribution is 8.00. The molecule has 4 fully saturated rings. The van der Waals surface area contributed by atoms with E-state index in [0.717, 1.165) is 17.3 Å². The summed E-state index contributed by atoms with van der Waals surface area (Å²) >= 11 is 7.71. The quantitative estimate of drug-likeness (QED) is 0.755. The molecule has 0 amide bonds. The molecule has 0 radical (unpaired) electrons. The van der Waals surface area contributed by atoms with Crippen molar-refractivity contribution in [2.24, 2.45) is 23.0 Å². The predicted octanol–water partition coefficient (Wildman–Crippen LogP) is 5.19. The number of hydrogen-bond acceptors (Lipinski definition) is 2. The van der Waals surface area contributed by atoms with Crippen LogP contribution >= 0.6 is 24.0 Å². The lowest BCUT2D eigenvalue weighted by Gasteiger charge is -2.43. The van der Waals surface area contributed by atoms with Gasteiger partial charge in [-0.05, 0) is 60.6 Å². The Morgan fingerprint density at radius 3 is 2.32 bits per heavy atom. The second-order valence-electron chi connectivity index (χ2n) is 8.22. The van der Waals surface area contributed by atoms with Crippen molar-refractivity contribution in [3.8, 4) is 0 Å². The van der Waals surface area contributed by atoms with Crippen LogP contribution in [0.1, 0.15) is 31.2 Å². The first-order chi connectivity index (χ1) is 12.1. The molecule has 6 rings (SSSR count). The van der Waals surface area contributed by atoms with Crippen molar-refractivity contribution in [3.63, 3.8) is 0 Å². The highest BCUT2D eigenvalue weighted by Crippen LogP contribution is 2.73. The zero-order valence-corrected chi connectivity index (χ0v) is 15.9. The van der Waals surface area contributed by atoms with Gasteiger partial charge in [0.2, 0.25) is 0 Å². The molecule has 0 spiro atoms. The van der Waals surface area contributed by atoms with Gasteiger partial charge in [-0.25, -0.2) is 0 Å². The summed E-state index contributed by atoms with van der Waals surface area (Å²) in [5.74, 6) is 1.34. The third kappa shape index (κ3) is 2.25. The van der Waals surface area contributed by atoms with Crippen molar-refractivity contribution in [1.29, 1.82) is 0 Å². The van der Waals surface area contributed by atoms with Crippen LogP contribution in [0.5, 0.6) is 0 Å². The summed E-state index contributed by atoms with van der Waals surface area (Å²) in [6, 6.07) is 22.0. The summed E-state index contributed by atoms with van der Waals surface area (Å²) in [5, 5.41) is 0.656. The first kappa shape index (κ1) is 15.9. The van der Waals surface area contributed by atoms with Crippen molar-refractivity contribution in [2.75, 3.05) is 0 Å². The largest absolute Gasteiger partial charge is 0.393 e. The van der Waals surface area contributed by atoms with E-state index in [2.05, 4.69) is 72.4 Å². The van der Waals surface area contributed by atoms with Gasteiger partial charge in [-0.3, -0.25) is 0 Å². The number of thioether (sulfide) groups is 1. The number of benzene rings is 2. The molecule has 5 unspecified atom stereocenters. The fourth-order valence-corrected chi connectivity index (χ4v) is 8.01. The topological polar surface area (TPSA) is 26.0 Å². The lowest BCUT2D eigenvalue weighted by Crippen LogP contribution is -2.40. The molecule has 0 aromatic heterocycles. The summed E-state index contributed by atoms with van der Waals surface area (Å²) in [5.41, 5.74) is 8.26. The summed E-state index contributed by atoms with van der Waals surface area (Å²) in [4.78, 5) is 2.16. The van der Waals surface area contributed by atoms with Crippen molar-refractivity contribution >= 4 is 29.0 Å². The van der Waals surface area contributed by atoms with Gasteiger partial charge in [0, 0.05) is 15.6 Å². The van der Waals surface area contributed by atoms with Crippen LogP contribution in [0.25, 0.3) is 0 Å². The highest BCUT2D eigenvalue weighted by atomic mass is 32.2. The van der Waals surface area contributed by atoms with Crippen LogP contribution < -0.4 is 5.73 Å². The molecular formula is C22H23NS2. The number of nitrogens with two attached hydrogens (primary N) is 1. The van der Waals surface area contributed by atoms with E-state index < -0.39 is 0 Å². The number of thiocarbonyl (C=S) groups is 1. The molecule has 4 aliphatic carbocycles. The van der Waals surface area contributed by atoms with Gasteiger partial charge in [-0.2, -0.15) is 0 Å². The average molecular weight is 366 g/mol. The smallest absolute Gasteiger partial charge is 0.0793 e. The van der Waals surface area contributed by atoms with E-state index in [0.29, 0.717) is 16.6 Å². The van der Waals surface area contributed by atoms with Crippen LogP contribution in [0.2, 0.25) is 0 Å². The lowest BCUT2D eigenvalue weighted by molar-refractivity contribution is 0.221. The van der Waals surface area contributed by atoms with Crippen LogP contribution in [0, 0.1) is 17.3 Å². The molecule has 5 atom stereocenters. The van der Waals surface area contributed by atoms with E-state index in [9.17, 15) is 0 Å². The van der Waals surface area contributed by atoms with Gasteiger partial charge in [0.25, 0.3) is 0 Å². The third-order valence-electron chi connectivity index (χ3n) is 7.01. The van der Waals surface area contributed by atoms with Crippen LogP contribution in [0.15, 0.2) is 65.6 Å². The highest BCUT2D eigenvalue weighted by Gasteiger charge is 2.69. The molecule has 2 N–H and O–H groups in total. The zero-order chi connectivity index (χ0) is 17.1. The fourth-order valence-electron chi connectivity index (χ4n) is 6.17. The Kier molecular flexibility index (Phi) is 3.55. The second-order valence-corrected chi connectivity index (χ2v) is 9.91. The van der Waals surface area contributed by atoms with Crippen molar-refractivity contribution in [1.82, 2.24) is 0 Å². The van der Waals surface area contributed by atoms with E-state index >= 15 is 0 Å². The SMILES string of the molecule is NC(=S)C12CC3CC(c4ccccc4)(CC1C3Sc1ccccc1)C2. The van der Waals surface area contributed by atoms with E-state index in [1.165, 1.54) is 29.7 Å². The molecule has 4 saturated carbocycles. The number of hydrogen-bond donors (Lipinski definition) is 1. The normalized spacial score (nSPS) is 38.2. The maximum absolute atomic E-state index is 6.37. The zero-order valence-electron chi connectivity index (χ0n) is 14.2. The minimum atomic E-state index is 0.0839. The van der Waals surface area contributed by atoms with Gasteiger partial charge in [-0.1, -0.05) is 60.7 Å². The molecule has 0 heterocycles. The molecule has 4 aliphatic rings. The van der Waals surface area contributed by atoms with Crippen LogP contribution in [-0.4, -0.2) is 10.2 Å². The Morgan fingerprint density at radius 2 is 1.64 bits per heavy atom. The van der Waals surface area contributed by atoms with Gasteiger partial charge in [-0.15, -0.1) is 11.8 Å². The Labute approximate surface area is 159 Å². The van der Waals surface area contributed by atoms with Crippen molar-refractivity contribution < 1.29 is 0 Å². The van der Waals surface area contributed by atoms with Gasteiger partial charge in [0.1, 0.15) is 0 Å². The van der Waals surface area contributed by atoms with E-state index in [4.69, 9.17) is 18.0 Å². The van der Waals surface area contributed by atoms with Crippen molar-refractivity contribution in [3.05, 3.63) is 66.2 Å². The molecule has 0 saturated heterocycles. The molecule has 4 bridgehead atoms. The monoisotopic (exact) mass is 365 g/mol. The molecular weight excluding hydrogens is 342 g/mol. The van der Waals surface area contributed by atoms with Crippen LogP contribution in [0.4, 0.5) is 0 Å². The molecule has 2 aromatic rings. The Morgan fingerprint density at radius 1 is 0.960 bits per heavy atom. The van der Waals surface area contributed by atoms with E-state index in [1.807, 2.05) is 0 Å². The maximum Gasteiger partial charge on any atom is 0.0793 e. The Hall–Kier alpha value is -1.32. The summed E-state index contributed by atoms with van der Waals surface area (Å²) in [7, 11) is 0. The molecule has 25 heavy (non-hydrogen) atoms. The molecule has 2 aromatic carbocycles. The van der Waals surface area contributed by atoms with Gasteiger partial charge >= 0.3 is 0 Å². The van der Waals surface area contributed by atoms with Crippen LogP contribution in [0.3, 0.4) is 0 Å². The Balaban J connectivity index is 1.52. The maximum atomic E-state index is 6.37. The molecule has 3 heteroatoms. The first-order valence-electron chi connectivity index (χ1n) is 9.20. The van der Waals surface area contributed by atoms with E-state index in [-0.39, 0.29) is 5.41 Å². The third-order valence-corrected chi connectivity index (χ3v) is 8.94. The average Bonchev–Trinajstić information content (AvgIpc) is 3.01. The molecule has 0 aliphatic heterocycles. The van der Waals surface area contributed by atoms with Gasteiger partial charge in [0.05, 0.1) is 4.99 Å². The Bertz CT molecular complexity index is 805. The molecule has 1 nitrogen and oxygen atoms in total.